The molecule has 44 heavy (non-hydrogen) atoms. The number of ether oxygens (including phenoxy) is 4. The largest absolute Gasteiger partial charge is 0.534 e. The van der Waals surface area contributed by atoms with Gasteiger partial charge < -0.3 is 18.9 Å². The monoisotopic (exact) mass is 627 g/mol. The first-order chi connectivity index (χ1) is 20.6. The molecule has 0 heterocycles. The lowest BCUT2D eigenvalue weighted by Gasteiger charge is -2.32. The summed E-state index contributed by atoms with van der Waals surface area (Å²) in [5.74, 6) is 0.709. The molecule has 0 saturated carbocycles. The molecule has 0 radical (unpaired) electrons. The van der Waals surface area contributed by atoms with Gasteiger partial charge in [0, 0.05) is 0 Å². The van der Waals surface area contributed by atoms with Gasteiger partial charge in [-0.25, -0.2) is 18.0 Å². The lowest BCUT2D eigenvalue weighted by atomic mass is 10.2. The van der Waals surface area contributed by atoms with E-state index in [9.17, 15) is 18.0 Å². The minimum absolute atomic E-state index is 0.0683. The molecule has 0 unspecified atom stereocenters. The zero-order chi connectivity index (χ0) is 32.4. The summed E-state index contributed by atoms with van der Waals surface area (Å²) < 4.78 is 49.2. The molecular weight excluding hydrogens is 586 g/mol. The van der Waals surface area contributed by atoms with Crippen molar-refractivity contribution >= 4 is 22.1 Å². The van der Waals surface area contributed by atoms with Crippen molar-refractivity contribution < 1.29 is 41.8 Å². The number of para-hydroxylation sites is 1. The van der Waals surface area contributed by atoms with Gasteiger partial charge in [0.25, 0.3) is 0 Å². The molecule has 1 atom stereocenters. The van der Waals surface area contributed by atoms with Gasteiger partial charge in [0.15, 0.2) is 9.84 Å². The molecule has 0 aliphatic carbocycles. The van der Waals surface area contributed by atoms with Gasteiger partial charge in [-0.15, -0.1) is 5.06 Å². The Morgan fingerprint density at radius 1 is 0.750 bits per heavy atom. The molecule has 3 aromatic rings. The Bertz CT molecular complexity index is 1450. The molecule has 0 saturated heterocycles. The van der Waals surface area contributed by atoms with E-state index in [1.807, 2.05) is 48.5 Å². The van der Waals surface area contributed by atoms with E-state index in [1.165, 1.54) is 12.1 Å². The maximum Gasteiger partial charge on any atom is 0.534 e. The summed E-state index contributed by atoms with van der Waals surface area (Å²) in [6.07, 6.45) is -2.27. The van der Waals surface area contributed by atoms with Crippen molar-refractivity contribution in [3.63, 3.8) is 0 Å². The molecule has 10 nitrogen and oxygen atoms in total. The fourth-order valence-electron chi connectivity index (χ4n) is 3.82. The summed E-state index contributed by atoms with van der Waals surface area (Å²) in [6, 6.07) is 23.5. The van der Waals surface area contributed by atoms with E-state index in [0.717, 1.165) is 5.56 Å². The molecule has 238 valence electrons. The number of hydrogen-bond acceptors (Lipinski definition) is 9. The highest BCUT2D eigenvalue weighted by molar-refractivity contribution is 7.91. The molecule has 3 rings (SSSR count). The maximum absolute atomic E-state index is 13.4. The molecule has 0 bridgehead atoms. The second-order valence-electron chi connectivity index (χ2n) is 12.0. The number of rotatable bonds is 11. The summed E-state index contributed by atoms with van der Waals surface area (Å²) in [6.45, 7) is 9.95. The van der Waals surface area contributed by atoms with Gasteiger partial charge >= 0.3 is 12.2 Å². The van der Waals surface area contributed by atoms with E-state index in [1.54, 1.807) is 65.8 Å². The molecule has 0 fully saturated rings. The number of benzene rings is 3. The third-order valence-electron chi connectivity index (χ3n) is 5.77. The maximum atomic E-state index is 13.4. The second-order valence-corrected chi connectivity index (χ2v) is 14.1. The summed E-state index contributed by atoms with van der Waals surface area (Å²) in [5.41, 5.74) is -0.971. The van der Waals surface area contributed by atoms with E-state index in [4.69, 9.17) is 23.8 Å². The lowest BCUT2D eigenvalue weighted by Crippen LogP contribution is -2.48. The van der Waals surface area contributed by atoms with E-state index in [-0.39, 0.29) is 30.3 Å². The Kier molecular flexibility index (Phi) is 11.8. The van der Waals surface area contributed by atoms with Gasteiger partial charge in [-0.2, -0.15) is 0 Å². The lowest BCUT2D eigenvalue weighted by molar-refractivity contribution is -0.165. The SMILES string of the molecule is CC(C)(C)OC(=O)ON(C(=O)OC(C)(C)C)[C@H](CCS(=O)(=O)c1ccc(Oc2ccccc2)cc1)COCc1ccccc1. The smallest absolute Gasteiger partial charge is 0.457 e. The quantitative estimate of drug-likeness (QED) is 0.159. The molecule has 0 aliphatic heterocycles. The Labute approximate surface area is 259 Å². The third-order valence-corrected chi connectivity index (χ3v) is 7.53. The van der Waals surface area contributed by atoms with Crippen molar-refractivity contribution in [3.8, 4) is 11.5 Å². The van der Waals surface area contributed by atoms with Crippen molar-refractivity contribution in [1.82, 2.24) is 5.06 Å². The minimum atomic E-state index is -3.84. The fourth-order valence-corrected chi connectivity index (χ4v) is 5.19. The zero-order valence-corrected chi connectivity index (χ0v) is 26.8. The van der Waals surface area contributed by atoms with E-state index in [0.29, 0.717) is 16.6 Å². The van der Waals surface area contributed by atoms with Gasteiger partial charge in [0.1, 0.15) is 22.7 Å². The summed E-state index contributed by atoms with van der Waals surface area (Å²) in [4.78, 5) is 31.3. The Hall–Kier alpha value is -4.09. The number of hydrogen-bond donors (Lipinski definition) is 0. The number of hydroxylamine groups is 2. The van der Waals surface area contributed by atoms with Crippen LogP contribution in [0.3, 0.4) is 0 Å². The van der Waals surface area contributed by atoms with Crippen LogP contribution >= 0.6 is 0 Å². The Balaban J connectivity index is 1.81. The topological polar surface area (TPSA) is 118 Å². The molecule has 1 amide bonds. The Morgan fingerprint density at radius 2 is 1.30 bits per heavy atom. The predicted octanol–water partition coefficient (Wildman–Crippen LogP) is 7.33. The average molecular weight is 628 g/mol. The van der Waals surface area contributed by atoms with Crippen LogP contribution < -0.4 is 4.74 Å². The van der Waals surface area contributed by atoms with Crippen LogP contribution in [-0.2, 0) is 35.5 Å². The summed E-state index contributed by atoms with van der Waals surface area (Å²) in [7, 11) is -3.84. The standard InChI is InChI=1S/C33H41NO9S/c1-32(2,3)41-30(35)34(43-31(36)42-33(4,5)6)26(24-39-23-25-13-9-7-10-14-25)21-22-44(37,38)29-19-17-28(18-20-29)40-27-15-11-8-12-16-27/h7-20,26H,21-24H2,1-6H3/t26-/m1/s1. The molecule has 0 aliphatic rings. The third kappa shape index (κ3) is 11.9. The molecular formula is C33H41NO9S. The van der Waals surface area contributed by atoms with E-state index in [2.05, 4.69) is 0 Å². The van der Waals surface area contributed by atoms with Crippen molar-refractivity contribution in [2.45, 2.75) is 76.7 Å². The molecule has 11 heteroatoms. The average Bonchev–Trinajstić information content (AvgIpc) is 2.93. The summed E-state index contributed by atoms with van der Waals surface area (Å²) >= 11 is 0. The first kappa shape index (κ1) is 34.4. The first-order valence-corrected chi connectivity index (χ1v) is 15.9. The van der Waals surface area contributed by atoms with Crippen LogP contribution in [0.4, 0.5) is 9.59 Å². The predicted molar refractivity (Wildman–Crippen MR) is 165 cm³/mol. The number of carbonyl (C=O) groups is 2. The van der Waals surface area contributed by atoms with Crippen molar-refractivity contribution in [2.75, 3.05) is 12.4 Å². The molecule has 0 N–H and O–H groups in total. The van der Waals surface area contributed by atoms with Gasteiger partial charge in [-0.1, -0.05) is 48.5 Å². The summed E-state index contributed by atoms with van der Waals surface area (Å²) in [5, 5.41) is 0.705. The highest BCUT2D eigenvalue weighted by Crippen LogP contribution is 2.24. The van der Waals surface area contributed by atoms with Crippen molar-refractivity contribution in [2.24, 2.45) is 0 Å². The van der Waals surface area contributed by atoms with Crippen LogP contribution in [-0.4, -0.2) is 55.3 Å². The first-order valence-electron chi connectivity index (χ1n) is 14.2. The Morgan fingerprint density at radius 3 is 1.86 bits per heavy atom. The number of carbonyl (C=O) groups excluding carboxylic acids is 2. The fraction of sp³-hybridized carbons (Fsp3) is 0.394. The number of nitrogens with zero attached hydrogens (tertiary/aromatic N) is 1. The minimum Gasteiger partial charge on any atom is -0.457 e. The van der Waals surface area contributed by atoms with Crippen LogP contribution in [0.5, 0.6) is 11.5 Å². The second kappa shape index (κ2) is 15.1. The van der Waals surface area contributed by atoms with Gasteiger partial charge in [0.05, 0.1) is 29.9 Å². The highest BCUT2D eigenvalue weighted by atomic mass is 32.2. The van der Waals surface area contributed by atoms with Crippen molar-refractivity contribution in [1.29, 1.82) is 0 Å². The van der Waals surface area contributed by atoms with Gasteiger partial charge in [-0.3, -0.25) is 4.84 Å². The molecule has 0 aromatic heterocycles. The van der Waals surface area contributed by atoms with Crippen LogP contribution in [0.25, 0.3) is 0 Å². The van der Waals surface area contributed by atoms with Crippen molar-refractivity contribution in [3.05, 3.63) is 90.5 Å². The van der Waals surface area contributed by atoms with Crippen LogP contribution in [0.2, 0.25) is 0 Å². The number of amides is 1. The normalized spacial score (nSPS) is 12.6. The van der Waals surface area contributed by atoms with Gasteiger partial charge in [-0.05, 0) is 89.9 Å². The van der Waals surface area contributed by atoms with Crippen LogP contribution in [0.15, 0.2) is 89.8 Å². The highest BCUT2D eigenvalue weighted by Gasteiger charge is 2.35. The zero-order valence-electron chi connectivity index (χ0n) is 26.0. The number of sulfone groups is 1. The van der Waals surface area contributed by atoms with E-state index < -0.39 is 39.3 Å². The van der Waals surface area contributed by atoms with Crippen LogP contribution in [0.1, 0.15) is 53.5 Å². The van der Waals surface area contributed by atoms with Crippen LogP contribution in [0, 0.1) is 0 Å². The van der Waals surface area contributed by atoms with E-state index >= 15 is 0 Å². The molecule has 3 aromatic carbocycles. The van der Waals surface area contributed by atoms with Gasteiger partial charge in [0.2, 0.25) is 0 Å². The molecule has 0 spiro atoms.